The van der Waals surface area contributed by atoms with Gasteiger partial charge in [-0.1, -0.05) is 39.0 Å². The summed E-state index contributed by atoms with van der Waals surface area (Å²) in [6.07, 6.45) is 3.50. The third-order valence-corrected chi connectivity index (χ3v) is 1.39. The SMILES string of the molecule is CC(=NO)C(C)=NO.CI.[Co].c1ccncc1. The summed E-state index contributed by atoms with van der Waals surface area (Å²) in [5.74, 6) is 0. The van der Waals surface area contributed by atoms with Crippen molar-refractivity contribution in [3.05, 3.63) is 30.6 Å². The number of hydrogen-bond donors (Lipinski definition) is 2. The van der Waals surface area contributed by atoms with E-state index >= 15 is 0 Å². The minimum atomic E-state index is 0. The van der Waals surface area contributed by atoms with E-state index in [1.54, 1.807) is 12.4 Å². The average Bonchev–Trinajstić information content (AvgIpc) is 2.41. The van der Waals surface area contributed by atoms with Gasteiger partial charge in [-0.2, -0.15) is 0 Å². The largest absolute Gasteiger partial charge is 0.411 e. The Morgan fingerprint density at radius 1 is 0.941 bits per heavy atom. The zero-order chi connectivity index (χ0) is 12.8. The van der Waals surface area contributed by atoms with Crippen LogP contribution in [0.2, 0.25) is 0 Å². The molecule has 1 rings (SSSR count). The fraction of sp³-hybridized carbons (Fsp3) is 0.300. The molecule has 1 aromatic heterocycles. The molecule has 2 N–H and O–H groups in total. The number of rotatable bonds is 1. The molecular formula is C10H16CoIN3O2. The van der Waals surface area contributed by atoms with Gasteiger partial charge in [0, 0.05) is 29.2 Å². The van der Waals surface area contributed by atoms with Gasteiger partial charge < -0.3 is 10.4 Å². The molecule has 0 amide bonds. The monoisotopic (exact) mass is 396 g/mol. The number of pyridine rings is 1. The first kappa shape index (κ1) is 21.6. The van der Waals surface area contributed by atoms with E-state index in [2.05, 4.69) is 37.9 Å². The fourth-order valence-electron chi connectivity index (χ4n) is 0.457. The molecule has 0 aliphatic heterocycles. The van der Waals surface area contributed by atoms with Gasteiger partial charge in [0.25, 0.3) is 0 Å². The summed E-state index contributed by atoms with van der Waals surface area (Å²) in [6.45, 7) is 3.07. The number of aromatic nitrogens is 1. The topological polar surface area (TPSA) is 78.1 Å². The Balaban J connectivity index is -0.000000195. The summed E-state index contributed by atoms with van der Waals surface area (Å²) in [5, 5.41) is 21.6. The summed E-state index contributed by atoms with van der Waals surface area (Å²) >= 11 is 2.15. The van der Waals surface area contributed by atoms with E-state index in [1.807, 2.05) is 23.1 Å². The van der Waals surface area contributed by atoms with Crippen LogP contribution < -0.4 is 0 Å². The van der Waals surface area contributed by atoms with Crippen LogP contribution in [0, 0.1) is 0 Å². The van der Waals surface area contributed by atoms with Crippen LogP contribution in [-0.4, -0.2) is 31.8 Å². The molecule has 1 aromatic rings. The molecule has 0 fully saturated rings. The maximum absolute atomic E-state index is 8.03. The molecule has 0 saturated carbocycles. The van der Waals surface area contributed by atoms with E-state index in [9.17, 15) is 0 Å². The first-order chi connectivity index (χ1) is 7.72. The Morgan fingerprint density at radius 3 is 1.41 bits per heavy atom. The standard InChI is InChI=1S/C5H5N.C4H8N2O2.CH3I.Co/c1-2-4-6-5-3-1;1-3(5-7)4(2)6-8;1-2;/h1-5H;7-8H,1-2H3;1H3;. The minimum Gasteiger partial charge on any atom is -0.411 e. The molecule has 0 saturated heterocycles. The maximum Gasteiger partial charge on any atom is 0.101 e. The first-order valence-corrected chi connectivity index (χ1v) is 6.48. The Morgan fingerprint density at radius 2 is 1.29 bits per heavy atom. The van der Waals surface area contributed by atoms with Crippen molar-refractivity contribution in [1.29, 1.82) is 0 Å². The zero-order valence-corrected chi connectivity index (χ0v) is 13.0. The van der Waals surface area contributed by atoms with Gasteiger partial charge in [0.1, 0.15) is 11.4 Å². The van der Waals surface area contributed by atoms with Crippen molar-refractivity contribution in [3.8, 4) is 0 Å². The van der Waals surface area contributed by atoms with Crippen molar-refractivity contribution < 1.29 is 27.2 Å². The van der Waals surface area contributed by atoms with E-state index < -0.39 is 0 Å². The summed E-state index contributed by atoms with van der Waals surface area (Å²) in [4.78, 5) is 5.75. The van der Waals surface area contributed by atoms with Crippen LogP contribution in [0.3, 0.4) is 0 Å². The van der Waals surface area contributed by atoms with Gasteiger partial charge in [-0.3, -0.25) is 4.98 Å². The third kappa shape index (κ3) is 15.3. The molecule has 0 atom stereocenters. The second kappa shape index (κ2) is 17.7. The van der Waals surface area contributed by atoms with Gasteiger partial charge in [-0.15, -0.1) is 0 Å². The molecule has 0 aliphatic rings. The second-order valence-corrected chi connectivity index (χ2v) is 2.40. The number of nitrogens with zero attached hydrogens (tertiary/aromatic N) is 3. The Hall–Kier alpha value is -0.674. The Labute approximate surface area is 125 Å². The molecule has 0 spiro atoms. The molecule has 0 bridgehead atoms. The zero-order valence-electron chi connectivity index (χ0n) is 9.83. The van der Waals surface area contributed by atoms with Crippen LogP contribution in [0.5, 0.6) is 0 Å². The molecule has 1 heterocycles. The second-order valence-electron chi connectivity index (χ2n) is 2.40. The van der Waals surface area contributed by atoms with Crippen LogP contribution in [0.1, 0.15) is 13.8 Å². The van der Waals surface area contributed by atoms with Gasteiger partial charge in [-0.05, 0) is 30.9 Å². The molecule has 0 unspecified atom stereocenters. The summed E-state index contributed by atoms with van der Waals surface area (Å²) in [5.41, 5.74) is 0.625. The van der Waals surface area contributed by atoms with Crippen molar-refractivity contribution in [3.63, 3.8) is 0 Å². The summed E-state index contributed by atoms with van der Waals surface area (Å²) in [7, 11) is 0. The number of oxime groups is 2. The number of hydrogen-bond acceptors (Lipinski definition) is 5. The molecule has 1 radical (unpaired) electrons. The normalized spacial score (nSPS) is 9.88. The molecule has 7 heteroatoms. The van der Waals surface area contributed by atoms with Crippen molar-refractivity contribution in [1.82, 2.24) is 4.98 Å². The van der Waals surface area contributed by atoms with Crippen LogP contribution in [0.25, 0.3) is 0 Å². The Bertz CT molecular complexity index is 265. The quantitative estimate of drug-likeness (QED) is 0.252. The maximum atomic E-state index is 8.03. The first-order valence-electron chi connectivity index (χ1n) is 4.32. The van der Waals surface area contributed by atoms with Crippen molar-refractivity contribution >= 4 is 34.0 Å². The smallest absolute Gasteiger partial charge is 0.101 e. The molecule has 5 nitrogen and oxygen atoms in total. The fourth-order valence-corrected chi connectivity index (χ4v) is 0.457. The third-order valence-electron chi connectivity index (χ3n) is 1.39. The average molecular weight is 396 g/mol. The van der Waals surface area contributed by atoms with Crippen LogP contribution in [0.15, 0.2) is 40.9 Å². The van der Waals surface area contributed by atoms with Gasteiger partial charge >= 0.3 is 0 Å². The Kier molecular flexibility index (Phi) is 22.5. The van der Waals surface area contributed by atoms with E-state index in [0.717, 1.165) is 0 Å². The molecule has 17 heavy (non-hydrogen) atoms. The molecule has 0 aliphatic carbocycles. The minimum absolute atomic E-state index is 0. The van der Waals surface area contributed by atoms with Crippen molar-refractivity contribution in [2.75, 3.05) is 4.93 Å². The van der Waals surface area contributed by atoms with E-state index in [4.69, 9.17) is 10.4 Å². The van der Waals surface area contributed by atoms with E-state index in [1.165, 1.54) is 13.8 Å². The number of halogens is 1. The number of alkyl halides is 1. The van der Waals surface area contributed by atoms with E-state index in [-0.39, 0.29) is 16.8 Å². The summed E-state index contributed by atoms with van der Waals surface area (Å²) in [6, 6.07) is 5.72. The predicted octanol–water partition coefficient (Wildman–Crippen LogP) is 2.82. The van der Waals surface area contributed by atoms with Crippen LogP contribution in [-0.2, 0) is 16.8 Å². The van der Waals surface area contributed by atoms with Gasteiger partial charge in [0.05, 0.1) is 0 Å². The molecular weight excluding hydrogens is 380 g/mol. The predicted molar refractivity (Wildman–Crippen MR) is 74.0 cm³/mol. The van der Waals surface area contributed by atoms with E-state index in [0.29, 0.717) is 11.4 Å². The molecule has 99 valence electrons. The van der Waals surface area contributed by atoms with Crippen molar-refractivity contribution in [2.45, 2.75) is 13.8 Å². The molecule has 0 aromatic carbocycles. The van der Waals surface area contributed by atoms with Crippen LogP contribution >= 0.6 is 22.6 Å². The van der Waals surface area contributed by atoms with Gasteiger partial charge in [0.2, 0.25) is 0 Å². The van der Waals surface area contributed by atoms with Crippen molar-refractivity contribution in [2.24, 2.45) is 10.3 Å². The van der Waals surface area contributed by atoms with Gasteiger partial charge in [0.15, 0.2) is 0 Å². The van der Waals surface area contributed by atoms with Crippen LogP contribution in [0.4, 0.5) is 0 Å². The summed E-state index contributed by atoms with van der Waals surface area (Å²) < 4.78 is 0. The van der Waals surface area contributed by atoms with Gasteiger partial charge in [-0.25, -0.2) is 0 Å².